The average Bonchev–Trinajstić information content (AvgIpc) is 2.22. The summed E-state index contributed by atoms with van der Waals surface area (Å²) in [4.78, 5) is 0. The largest absolute Gasteiger partial charge is 0.504 e. The van der Waals surface area contributed by atoms with Gasteiger partial charge in [0.2, 0.25) is 5.85 Å². The molecule has 1 aliphatic carbocycles. The van der Waals surface area contributed by atoms with Gasteiger partial charge in [-0.25, -0.2) is 0 Å². The molecular weight excluding hydrogens is 195 g/mol. The van der Waals surface area contributed by atoms with E-state index in [2.05, 4.69) is 0 Å². The van der Waals surface area contributed by atoms with Gasteiger partial charge >= 0.3 is 0 Å². The minimum Gasteiger partial charge on any atom is -0.504 e. The van der Waals surface area contributed by atoms with Crippen molar-refractivity contribution in [3.8, 4) is 11.5 Å². The molecule has 1 aromatic rings. The summed E-state index contributed by atoms with van der Waals surface area (Å²) < 4.78 is 19.4. The number of benzene rings is 1. The third kappa shape index (κ3) is 2.41. The van der Waals surface area contributed by atoms with Crippen LogP contribution in [0.15, 0.2) is 24.3 Å². The third-order valence-corrected chi connectivity index (χ3v) is 2.76. The molecule has 0 unspecified atom stereocenters. The fourth-order valence-corrected chi connectivity index (χ4v) is 1.92. The second-order valence-electron chi connectivity index (χ2n) is 4.01. The maximum atomic E-state index is 14.1. The predicted octanol–water partition coefficient (Wildman–Crippen LogP) is 3.40. The Labute approximate surface area is 88.7 Å². The van der Waals surface area contributed by atoms with Crippen molar-refractivity contribution in [2.75, 3.05) is 0 Å². The predicted molar refractivity (Wildman–Crippen MR) is 55.7 cm³/mol. The fraction of sp³-hybridized carbons (Fsp3) is 0.500. The first-order chi connectivity index (χ1) is 7.20. The molecule has 0 aliphatic heterocycles. The standard InChI is InChI=1S/C12H15FO2/c13-12(8-4-1-5-9-12)15-11-7-3-2-6-10(11)14/h2-3,6-7,14H,1,4-5,8-9H2. The Hall–Kier alpha value is -1.25. The van der Waals surface area contributed by atoms with Crippen LogP contribution < -0.4 is 4.74 Å². The quantitative estimate of drug-likeness (QED) is 0.810. The highest BCUT2D eigenvalue weighted by Gasteiger charge is 2.34. The van der Waals surface area contributed by atoms with E-state index < -0.39 is 5.85 Å². The Morgan fingerprint density at radius 3 is 2.47 bits per heavy atom. The average molecular weight is 210 g/mol. The van der Waals surface area contributed by atoms with Crippen molar-refractivity contribution < 1.29 is 14.2 Å². The lowest BCUT2D eigenvalue weighted by Gasteiger charge is -2.30. The summed E-state index contributed by atoms with van der Waals surface area (Å²) in [6, 6.07) is 6.50. The molecule has 82 valence electrons. The van der Waals surface area contributed by atoms with Crippen LogP contribution in [0.1, 0.15) is 32.1 Å². The van der Waals surface area contributed by atoms with Crippen molar-refractivity contribution in [3.05, 3.63) is 24.3 Å². The van der Waals surface area contributed by atoms with E-state index >= 15 is 0 Å². The van der Waals surface area contributed by atoms with Crippen LogP contribution in [0.2, 0.25) is 0 Å². The Balaban J connectivity index is 2.10. The molecule has 0 saturated heterocycles. The molecule has 1 aliphatic rings. The Morgan fingerprint density at radius 2 is 1.80 bits per heavy atom. The first-order valence-electron chi connectivity index (χ1n) is 5.36. The van der Waals surface area contributed by atoms with Gasteiger partial charge in [0.05, 0.1) is 0 Å². The topological polar surface area (TPSA) is 29.5 Å². The second-order valence-corrected chi connectivity index (χ2v) is 4.01. The zero-order valence-electron chi connectivity index (χ0n) is 8.58. The smallest absolute Gasteiger partial charge is 0.248 e. The number of aromatic hydroxyl groups is 1. The van der Waals surface area contributed by atoms with Crippen LogP contribution in [0, 0.1) is 0 Å². The highest BCUT2D eigenvalue weighted by molar-refractivity contribution is 5.38. The van der Waals surface area contributed by atoms with Gasteiger partial charge in [-0.1, -0.05) is 18.6 Å². The number of para-hydroxylation sites is 2. The molecule has 3 heteroatoms. The van der Waals surface area contributed by atoms with Crippen LogP contribution in [0.5, 0.6) is 11.5 Å². The fourth-order valence-electron chi connectivity index (χ4n) is 1.92. The van der Waals surface area contributed by atoms with Gasteiger partial charge in [0, 0.05) is 12.8 Å². The monoisotopic (exact) mass is 210 g/mol. The van der Waals surface area contributed by atoms with Crippen LogP contribution >= 0.6 is 0 Å². The van der Waals surface area contributed by atoms with Crippen molar-refractivity contribution in [1.82, 2.24) is 0 Å². The van der Waals surface area contributed by atoms with Gasteiger partial charge in [-0.15, -0.1) is 0 Å². The number of phenols is 1. The van der Waals surface area contributed by atoms with Gasteiger partial charge in [-0.2, -0.15) is 4.39 Å². The summed E-state index contributed by atoms with van der Waals surface area (Å²) in [5.74, 6) is -1.35. The summed E-state index contributed by atoms with van der Waals surface area (Å²) in [5.41, 5.74) is 0. The minimum atomic E-state index is -1.59. The molecule has 1 aromatic carbocycles. The lowest BCUT2D eigenvalue weighted by Crippen LogP contribution is -2.32. The van der Waals surface area contributed by atoms with Crippen LogP contribution in [0.4, 0.5) is 4.39 Å². The summed E-state index contributed by atoms with van der Waals surface area (Å²) >= 11 is 0. The molecule has 0 atom stereocenters. The Bertz CT molecular complexity index is 332. The third-order valence-electron chi connectivity index (χ3n) is 2.76. The van der Waals surface area contributed by atoms with Crippen LogP contribution in [-0.2, 0) is 0 Å². The Kier molecular flexibility index (Phi) is 2.80. The molecule has 1 N–H and O–H groups in total. The molecule has 1 saturated carbocycles. The maximum absolute atomic E-state index is 14.1. The molecule has 1 fully saturated rings. The summed E-state index contributed by atoms with van der Waals surface area (Å²) in [5, 5.41) is 9.46. The van der Waals surface area contributed by atoms with Crippen molar-refractivity contribution in [1.29, 1.82) is 0 Å². The normalized spacial score (nSPS) is 19.8. The number of alkyl halides is 1. The van der Waals surface area contributed by atoms with E-state index in [1.54, 1.807) is 18.2 Å². The van der Waals surface area contributed by atoms with E-state index in [-0.39, 0.29) is 11.5 Å². The van der Waals surface area contributed by atoms with Crippen molar-refractivity contribution >= 4 is 0 Å². The van der Waals surface area contributed by atoms with E-state index in [4.69, 9.17) is 4.74 Å². The van der Waals surface area contributed by atoms with Crippen molar-refractivity contribution in [2.45, 2.75) is 38.0 Å². The van der Waals surface area contributed by atoms with E-state index in [1.165, 1.54) is 6.07 Å². The second kappa shape index (κ2) is 4.09. The van der Waals surface area contributed by atoms with Gasteiger partial charge in [0.1, 0.15) is 0 Å². The van der Waals surface area contributed by atoms with Gasteiger partial charge in [0.25, 0.3) is 0 Å². The highest BCUT2D eigenvalue weighted by atomic mass is 19.2. The van der Waals surface area contributed by atoms with E-state index in [1.807, 2.05) is 0 Å². The van der Waals surface area contributed by atoms with Gasteiger partial charge < -0.3 is 9.84 Å². The zero-order chi connectivity index (χ0) is 10.7. The van der Waals surface area contributed by atoms with Crippen LogP contribution in [0.3, 0.4) is 0 Å². The molecule has 2 nitrogen and oxygen atoms in total. The zero-order valence-corrected chi connectivity index (χ0v) is 8.58. The number of hydrogen-bond acceptors (Lipinski definition) is 2. The first kappa shape index (κ1) is 10.3. The number of phenolic OH excluding ortho intramolecular Hbond substituents is 1. The molecule has 0 heterocycles. The van der Waals surface area contributed by atoms with Gasteiger partial charge in [-0.05, 0) is 25.0 Å². The van der Waals surface area contributed by atoms with Gasteiger partial charge in [0.15, 0.2) is 11.5 Å². The van der Waals surface area contributed by atoms with E-state index in [0.717, 1.165) is 19.3 Å². The maximum Gasteiger partial charge on any atom is 0.248 e. The molecule has 0 bridgehead atoms. The first-order valence-corrected chi connectivity index (χ1v) is 5.36. The van der Waals surface area contributed by atoms with E-state index in [0.29, 0.717) is 12.8 Å². The Morgan fingerprint density at radius 1 is 1.13 bits per heavy atom. The molecule has 2 rings (SSSR count). The highest BCUT2D eigenvalue weighted by Crippen LogP contribution is 2.37. The molecule has 15 heavy (non-hydrogen) atoms. The number of ether oxygens (including phenoxy) is 1. The summed E-state index contributed by atoms with van der Waals surface area (Å²) in [6.45, 7) is 0. The van der Waals surface area contributed by atoms with Crippen molar-refractivity contribution in [2.24, 2.45) is 0 Å². The summed E-state index contributed by atoms with van der Waals surface area (Å²) in [6.07, 6.45) is 3.60. The van der Waals surface area contributed by atoms with E-state index in [9.17, 15) is 9.50 Å². The van der Waals surface area contributed by atoms with Gasteiger partial charge in [-0.3, -0.25) is 0 Å². The lowest BCUT2D eigenvalue weighted by atomic mass is 9.95. The molecule has 0 amide bonds. The molecular formula is C12H15FO2. The van der Waals surface area contributed by atoms with Crippen LogP contribution in [-0.4, -0.2) is 11.0 Å². The molecule has 0 spiro atoms. The van der Waals surface area contributed by atoms with Crippen molar-refractivity contribution in [3.63, 3.8) is 0 Å². The number of rotatable bonds is 2. The number of hydrogen-bond donors (Lipinski definition) is 1. The lowest BCUT2D eigenvalue weighted by molar-refractivity contribution is -0.0907. The van der Waals surface area contributed by atoms with Crippen LogP contribution in [0.25, 0.3) is 0 Å². The molecule has 0 aromatic heterocycles. The summed E-state index contributed by atoms with van der Waals surface area (Å²) in [7, 11) is 0. The minimum absolute atomic E-state index is 0.0000912. The number of halogens is 1. The molecule has 0 radical (unpaired) electrons. The SMILES string of the molecule is Oc1ccccc1OC1(F)CCCCC1.